The number of amides is 1. The molecule has 0 bridgehead atoms. The highest BCUT2D eigenvalue weighted by Gasteiger charge is 2.39. The van der Waals surface area contributed by atoms with Crippen molar-refractivity contribution in [3.63, 3.8) is 0 Å². The molecule has 1 fully saturated rings. The molecule has 0 spiro atoms. The predicted octanol–water partition coefficient (Wildman–Crippen LogP) is 5.94. The number of carbonyl (C=O) groups excluding carboxylic acids is 1. The summed E-state index contributed by atoms with van der Waals surface area (Å²) in [6, 6.07) is 14.7. The summed E-state index contributed by atoms with van der Waals surface area (Å²) in [6.45, 7) is 7.81. The van der Waals surface area contributed by atoms with E-state index in [1.807, 2.05) is 12.1 Å². The number of primary amides is 1. The number of nitrogens with two attached hydrogens (primary N) is 1. The molecular weight excluding hydrogens is 722 g/mol. The molecular formula is C34H44F6N4O7S. The van der Waals surface area contributed by atoms with Crippen LogP contribution in [-0.2, 0) is 27.2 Å². The average molecular weight is 767 g/mol. The van der Waals surface area contributed by atoms with E-state index in [9.17, 15) is 41.0 Å². The van der Waals surface area contributed by atoms with Crippen molar-refractivity contribution in [1.29, 1.82) is 0 Å². The lowest BCUT2D eigenvalue weighted by Gasteiger charge is -2.42. The number of halogens is 6. The predicted molar refractivity (Wildman–Crippen MR) is 183 cm³/mol. The average Bonchev–Trinajstić information content (AvgIpc) is 3.45. The number of aromatic amines is 1. The lowest BCUT2D eigenvalue weighted by molar-refractivity contribution is -0.193. The van der Waals surface area contributed by atoms with Gasteiger partial charge in [-0.3, -0.25) is 19.4 Å². The number of carboxylic acids is 2. The second-order valence-electron chi connectivity index (χ2n) is 12.8. The molecule has 1 aliphatic carbocycles. The molecule has 290 valence electrons. The zero-order valence-electron chi connectivity index (χ0n) is 28.7. The zero-order chi connectivity index (χ0) is 39.3. The number of rotatable bonds is 13. The Kier molecular flexibility index (Phi) is 16.6. The van der Waals surface area contributed by atoms with Gasteiger partial charge < -0.3 is 26.0 Å². The molecule has 6 N–H and O–H groups in total. The Morgan fingerprint density at radius 2 is 1.42 bits per heavy atom. The van der Waals surface area contributed by atoms with Crippen molar-refractivity contribution in [2.45, 2.75) is 89.1 Å². The largest absolute Gasteiger partial charge is 0.506 e. The third-order valence-electron chi connectivity index (χ3n) is 8.50. The number of alkyl halides is 6. The number of aromatic nitrogens is 1. The quantitative estimate of drug-likeness (QED) is 0.132. The van der Waals surface area contributed by atoms with Crippen LogP contribution in [0.5, 0.6) is 5.75 Å². The van der Waals surface area contributed by atoms with Crippen LogP contribution >= 0.6 is 11.3 Å². The fraction of sp³-hybridized carbons (Fsp3) is 0.529. The molecule has 0 saturated heterocycles. The normalized spacial score (nSPS) is 14.0. The fourth-order valence-corrected chi connectivity index (χ4v) is 6.77. The number of thiazole rings is 1. The highest BCUT2D eigenvalue weighted by atomic mass is 32.1. The van der Waals surface area contributed by atoms with Crippen molar-refractivity contribution in [2.75, 3.05) is 26.2 Å². The number of phenols is 1. The van der Waals surface area contributed by atoms with E-state index in [-0.39, 0.29) is 22.1 Å². The van der Waals surface area contributed by atoms with Gasteiger partial charge in [-0.2, -0.15) is 26.3 Å². The monoisotopic (exact) mass is 766 g/mol. The molecule has 1 heterocycles. The van der Waals surface area contributed by atoms with E-state index in [0.29, 0.717) is 24.5 Å². The summed E-state index contributed by atoms with van der Waals surface area (Å²) in [5.74, 6) is -5.66. The van der Waals surface area contributed by atoms with Gasteiger partial charge in [-0.05, 0) is 56.7 Å². The number of nitrogens with one attached hydrogen (secondary N) is 1. The van der Waals surface area contributed by atoms with E-state index in [2.05, 4.69) is 52.9 Å². The second kappa shape index (κ2) is 19.6. The smallest absolute Gasteiger partial charge is 0.490 e. The van der Waals surface area contributed by atoms with Crippen LogP contribution in [0.2, 0.25) is 0 Å². The summed E-state index contributed by atoms with van der Waals surface area (Å²) < 4.78 is 64.3. The van der Waals surface area contributed by atoms with Crippen molar-refractivity contribution in [1.82, 2.24) is 14.8 Å². The molecule has 1 saturated carbocycles. The Hall–Kier alpha value is -4.16. The van der Waals surface area contributed by atoms with Crippen LogP contribution in [0.4, 0.5) is 26.3 Å². The maximum absolute atomic E-state index is 12.0. The van der Waals surface area contributed by atoms with Crippen LogP contribution < -0.4 is 10.6 Å². The van der Waals surface area contributed by atoms with Gasteiger partial charge in [0.2, 0.25) is 5.91 Å². The summed E-state index contributed by atoms with van der Waals surface area (Å²) >= 11 is 1.17. The fourth-order valence-electron chi connectivity index (χ4n) is 5.88. The standard InChI is InChI=1S/C30H42N4O3S.2C2HF3O2/c1-30(2,21-22-9-5-3-6-10-22)34(18-16-26(31)36)20-19-33(24-11-7-4-8-12-24)17-15-23-13-14-25(35)27-28(23)38-29(37)32-27;2*3-2(4,5)1(6)7/h3,5-6,9-10,13-14,24,35H,4,7-8,11-12,15-21H2,1-2H3,(H2,31,36)(H,32,37);2*(H,6,7). The van der Waals surface area contributed by atoms with Crippen molar-refractivity contribution < 1.29 is 56.0 Å². The molecule has 1 amide bonds. The first-order valence-corrected chi connectivity index (χ1v) is 17.2. The lowest BCUT2D eigenvalue weighted by atomic mass is 9.92. The van der Waals surface area contributed by atoms with Crippen molar-refractivity contribution in [2.24, 2.45) is 5.73 Å². The summed E-state index contributed by atoms with van der Waals surface area (Å²) in [7, 11) is 0. The molecule has 2 aromatic carbocycles. The van der Waals surface area contributed by atoms with Gasteiger partial charge in [0, 0.05) is 44.2 Å². The molecule has 0 unspecified atom stereocenters. The highest BCUT2D eigenvalue weighted by Crippen LogP contribution is 2.30. The van der Waals surface area contributed by atoms with E-state index in [1.165, 1.54) is 49.0 Å². The topological polar surface area (TPSA) is 177 Å². The first kappa shape index (κ1) is 44.0. The molecule has 1 aliphatic rings. The first-order valence-electron chi connectivity index (χ1n) is 16.4. The number of fused-ring (bicyclic) bond motifs is 1. The molecule has 0 radical (unpaired) electrons. The number of aromatic hydroxyl groups is 1. The Morgan fingerprint density at radius 3 is 1.94 bits per heavy atom. The number of hydrogen-bond acceptors (Lipinski definition) is 8. The zero-order valence-corrected chi connectivity index (χ0v) is 29.5. The molecule has 3 aromatic rings. The number of aliphatic carboxylic acids is 2. The third kappa shape index (κ3) is 14.8. The maximum Gasteiger partial charge on any atom is 0.490 e. The van der Waals surface area contributed by atoms with Gasteiger partial charge in [0.15, 0.2) is 0 Å². The van der Waals surface area contributed by atoms with E-state index in [0.717, 1.165) is 42.7 Å². The molecule has 1 aromatic heterocycles. The van der Waals surface area contributed by atoms with Gasteiger partial charge in [-0.1, -0.05) is 67.0 Å². The highest BCUT2D eigenvalue weighted by molar-refractivity contribution is 7.16. The molecule has 0 aliphatic heterocycles. The van der Waals surface area contributed by atoms with Crippen molar-refractivity contribution in [3.05, 3.63) is 63.3 Å². The molecule has 52 heavy (non-hydrogen) atoms. The minimum Gasteiger partial charge on any atom is -0.506 e. The summed E-state index contributed by atoms with van der Waals surface area (Å²) in [5, 5.41) is 24.4. The van der Waals surface area contributed by atoms with Crippen LogP contribution in [0.3, 0.4) is 0 Å². The number of H-pyrrole nitrogens is 1. The number of carbonyl (C=O) groups is 3. The summed E-state index contributed by atoms with van der Waals surface area (Å²) in [6.07, 6.45) is -1.88. The Morgan fingerprint density at radius 1 is 0.865 bits per heavy atom. The van der Waals surface area contributed by atoms with E-state index in [4.69, 9.17) is 25.5 Å². The maximum atomic E-state index is 12.0. The molecule has 0 atom stereocenters. The van der Waals surface area contributed by atoms with E-state index in [1.54, 1.807) is 6.07 Å². The van der Waals surface area contributed by atoms with Crippen molar-refractivity contribution >= 4 is 39.4 Å². The van der Waals surface area contributed by atoms with Crippen LogP contribution in [0.1, 0.15) is 63.5 Å². The number of hydrogen-bond donors (Lipinski definition) is 5. The molecule has 11 nitrogen and oxygen atoms in total. The molecule has 18 heteroatoms. The Balaban J connectivity index is 0.000000564. The van der Waals surface area contributed by atoms with Crippen LogP contribution in [-0.4, -0.2) is 98.1 Å². The van der Waals surface area contributed by atoms with Crippen molar-refractivity contribution in [3.8, 4) is 5.75 Å². The van der Waals surface area contributed by atoms with E-state index < -0.39 is 24.3 Å². The van der Waals surface area contributed by atoms with Crippen LogP contribution in [0, 0.1) is 0 Å². The molecule has 4 rings (SSSR count). The first-order chi connectivity index (χ1) is 24.1. The number of phenolic OH excluding ortho intramolecular Hbond substituents is 1. The van der Waals surface area contributed by atoms with E-state index >= 15 is 0 Å². The lowest BCUT2D eigenvalue weighted by Crippen LogP contribution is -2.51. The van der Waals surface area contributed by atoms with Gasteiger partial charge >= 0.3 is 29.2 Å². The minimum atomic E-state index is -5.08. The Labute approximate surface area is 300 Å². The van der Waals surface area contributed by atoms with Gasteiger partial charge in [0.25, 0.3) is 0 Å². The number of carboxylic acid groups (broad SMARTS) is 2. The number of benzene rings is 2. The van der Waals surface area contributed by atoms with Crippen LogP contribution in [0.15, 0.2) is 47.3 Å². The Bertz CT molecular complexity index is 1630. The minimum absolute atomic E-state index is 0.122. The second-order valence-corrected chi connectivity index (χ2v) is 13.8. The SMILES string of the molecule is CC(C)(Cc1ccccc1)N(CCC(N)=O)CCN(CCc1ccc(O)c2[nH]c(=O)sc12)C1CCCCC1.O=C(O)C(F)(F)F.O=C(O)C(F)(F)F. The third-order valence-corrected chi connectivity index (χ3v) is 9.46. The van der Waals surface area contributed by atoms with Gasteiger partial charge in [0.1, 0.15) is 11.3 Å². The van der Waals surface area contributed by atoms with Gasteiger partial charge in [-0.25, -0.2) is 9.59 Å². The van der Waals surface area contributed by atoms with Crippen LogP contribution in [0.25, 0.3) is 10.2 Å². The van der Waals surface area contributed by atoms with Gasteiger partial charge in [0.05, 0.1) is 4.70 Å². The van der Waals surface area contributed by atoms with Gasteiger partial charge in [-0.15, -0.1) is 0 Å². The number of nitrogens with zero attached hydrogens (tertiary/aromatic N) is 2. The summed E-state index contributed by atoms with van der Waals surface area (Å²) in [5.41, 5.74) is 8.35. The summed E-state index contributed by atoms with van der Waals surface area (Å²) in [4.78, 5) is 49.2.